The number of fused-ring (bicyclic) bond motifs is 1. The van der Waals surface area contributed by atoms with Crippen molar-refractivity contribution in [2.45, 2.75) is 6.92 Å². The average molecular weight is 270 g/mol. The molecule has 98 valence electrons. The van der Waals surface area contributed by atoms with Crippen molar-refractivity contribution < 1.29 is 17.9 Å². The number of rotatable bonds is 2. The van der Waals surface area contributed by atoms with Gasteiger partial charge in [0.05, 0.1) is 24.2 Å². The highest BCUT2D eigenvalue weighted by Crippen LogP contribution is 2.34. The van der Waals surface area contributed by atoms with Gasteiger partial charge < -0.3 is 9.64 Å². The zero-order valence-electron chi connectivity index (χ0n) is 10.1. The Morgan fingerprint density at radius 1 is 1.44 bits per heavy atom. The van der Waals surface area contributed by atoms with Crippen LogP contribution in [0.3, 0.4) is 0 Å². The summed E-state index contributed by atoms with van der Waals surface area (Å²) < 4.78 is 30.1. The molecule has 0 atom stereocenters. The summed E-state index contributed by atoms with van der Waals surface area (Å²) in [6, 6.07) is 4.85. The first-order chi connectivity index (χ1) is 8.37. The van der Waals surface area contributed by atoms with Gasteiger partial charge in [-0.1, -0.05) is 0 Å². The number of carbonyl (C=O) groups excluding carboxylic acids is 1. The Bertz CT molecular complexity index is 583. The third-order valence-corrected chi connectivity index (χ3v) is 3.11. The largest absolute Gasteiger partial charge is 0.490 e. The topological polar surface area (TPSA) is 75.7 Å². The number of anilines is 2. The molecule has 6 nitrogen and oxygen atoms in total. The molecule has 1 aliphatic rings. The molecule has 0 bridgehead atoms. The second-order valence-corrected chi connectivity index (χ2v) is 5.82. The average Bonchev–Trinajstić information content (AvgIpc) is 2.25. The number of amides is 1. The number of hydrogen-bond acceptors (Lipinski definition) is 4. The fourth-order valence-corrected chi connectivity index (χ4v) is 2.38. The van der Waals surface area contributed by atoms with Crippen LogP contribution in [-0.2, 0) is 14.8 Å². The molecule has 7 heteroatoms. The van der Waals surface area contributed by atoms with E-state index in [9.17, 15) is 13.2 Å². The molecule has 2 rings (SSSR count). The number of sulfonamides is 1. The van der Waals surface area contributed by atoms with Gasteiger partial charge in [0.1, 0.15) is 12.4 Å². The van der Waals surface area contributed by atoms with Crippen molar-refractivity contribution >= 4 is 27.3 Å². The first-order valence-electron chi connectivity index (χ1n) is 5.39. The van der Waals surface area contributed by atoms with E-state index in [4.69, 9.17) is 4.74 Å². The molecule has 0 aromatic heterocycles. The normalized spacial score (nSPS) is 14.7. The predicted molar refractivity (Wildman–Crippen MR) is 68.4 cm³/mol. The number of nitrogens with one attached hydrogen (secondary N) is 1. The van der Waals surface area contributed by atoms with Crippen molar-refractivity contribution in [1.29, 1.82) is 0 Å². The summed E-state index contributed by atoms with van der Waals surface area (Å²) >= 11 is 0. The van der Waals surface area contributed by atoms with Crippen LogP contribution < -0.4 is 14.4 Å². The standard InChI is InChI=1S/C11H14N2O4S/c1-8(14)13-5-6-17-11-4-3-9(7-10(11)13)12-18(2,15)16/h3-4,7,12H,5-6H2,1-2H3. The summed E-state index contributed by atoms with van der Waals surface area (Å²) in [7, 11) is -3.34. The lowest BCUT2D eigenvalue weighted by Gasteiger charge is -2.29. The Hall–Kier alpha value is -1.76. The van der Waals surface area contributed by atoms with E-state index in [-0.39, 0.29) is 5.91 Å². The van der Waals surface area contributed by atoms with E-state index in [0.29, 0.717) is 30.3 Å². The van der Waals surface area contributed by atoms with Crippen LogP contribution in [0.2, 0.25) is 0 Å². The van der Waals surface area contributed by atoms with Crippen molar-refractivity contribution in [3.63, 3.8) is 0 Å². The zero-order chi connectivity index (χ0) is 13.3. The third-order valence-electron chi connectivity index (χ3n) is 2.51. The van der Waals surface area contributed by atoms with E-state index < -0.39 is 10.0 Å². The highest BCUT2D eigenvalue weighted by atomic mass is 32.2. The smallest absolute Gasteiger partial charge is 0.229 e. The van der Waals surface area contributed by atoms with Crippen LogP contribution in [-0.4, -0.2) is 33.7 Å². The second-order valence-electron chi connectivity index (χ2n) is 4.08. The summed E-state index contributed by atoms with van der Waals surface area (Å²) in [4.78, 5) is 13.1. The number of benzene rings is 1. The lowest BCUT2D eigenvalue weighted by atomic mass is 10.2. The van der Waals surface area contributed by atoms with Crippen LogP contribution in [0.5, 0.6) is 5.75 Å². The van der Waals surface area contributed by atoms with Crippen molar-refractivity contribution in [2.75, 3.05) is 29.0 Å². The Morgan fingerprint density at radius 2 is 2.17 bits per heavy atom. The molecule has 1 aliphatic heterocycles. The molecule has 1 aromatic carbocycles. The quantitative estimate of drug-likeness (QED) is 0.862. The number of hydrogen-bond donors (Lipinski definition) is 1. The maximum absolute atomic E-state index is 11.5. The molecule has 0 spiro atoms. The van der Waals surface area contributed by atoms with Crippen molar-refractivity contribution in [1.82, 2.24) is 0 Å². The van der Waals surface area contributed by atoms with E-state index in [2.05, 4.69) is 4.72 Å². The molecule has 0 saturated carbocycles. The monoisotopic (exact) mass is 270 g/mol. The number of carbonyl (C=O) groups is 1. The molecule has 0 radical (unpaired) electrons. The Balaban J connectivity index is 2.40. The molecule has 18 heavy (non-hydrogen) atoms. The van der Waals surface area contributed by atoms with E-state index >= 15 is 0 Å². The van der Waals surface area contributed by atoms with Gasteiger partial charge in [-0.25, -0.2) is 8.42 Å². The minimum Gasteiger partial charge on any atom is -0.490 e. The van der Waals surface area contributed by atoms with E-state index in [1.54, 1.807) is 23.1 Å². The molecular formula is C11H14N2O4S. The fraction of sp³-hybridized carbons (Fsp3) is 0.364. The molecule has 0 saturated heterocycles. The first kappa shape index (κ1) is 12.7. The summed E-state index contributed by atoms with van der Waals surface area (Å²) in [5, 5.41) is 0. The van der Waals surface area contributed by atoms with E-state index in [1.807, 2.05) is 0 Å². The van der Waals surface area contributed by atoms with Crippen molar-refractivity contribution in [3.8, 4) is 5.75 Å². The van der Waals surface area contributed by atoms with E-state index in [1.165, 1.54) is 6.92 Å². The molecule has 0 fully saturated rings. The molecular weight excluding hydrogens is 256 g/mol. The number of nitrogens with zero attached hydrogens (tertiary/aromatic N) is 1. The van der Waals surface area contributed by atoms with Gasteiger partial charge in [0.25, 0.3) is 0 Å². The minimum atomic E-state index is -3.34. The van der Waals surface area contributed by atoms with Crippen molar-refractivity contribution in [2.24, 2.45) is 0 Å². The van der Waals surface area contributed by atoms with Gasteiger partial charge in [0.2, 0.25) is 15.9 Å². The van der Waals surface area contributed by atoms with Crippen LogP contribution in [0, 0.1) is 0 Å². The molecule has 0 unspecified atom stereocenters. The Kier molecular flexibility index (Phi) is 3.16. The van der Waals surface area contributed by atoms with Gasteiger partial charge in [-0.2, -0.15) is 0 Å². The van der Waals surface area contributed by atoms with Gasteiger partial charge in [-0.05, 0) is 18.2 Å². The van der Waals surface area contributed by atoms with Gasteiger partial charge >= 0.3 is 0 Å². The van der Waals surface area contributed by atoms with Crippen LogP contribution in [0.4, 0.5) is 11.4 Å². The number of ether oxygens (including phenoxy) is 1. The predicted octanol–water partition coefficient (Wildman–Crippen LogP) is 0.803. The van der Waals surface area contributed by atoms with E-state index in [0.717, 1.165) is 6.26 Å². The van der Waals surface area contributed by atoms with Gasteiger partial charge in [-0.3, -0.25) is 9.52 Å². The highest BCUT2D eigenvalue weighted by Gasteiger charge is 2.21. The van der Waals surface area contributed by atoms with Gasteiger partial charge in [0, 0.05) is 6.92 Å². The Labute approximate surface area is 106 Å². The highest BCUT2D eigenvalue weighted by molar-refractivity contribution is 7.92. The summed E-state index contributed by atoms with van der Waals surface area (Å²) in [6.07, 6.45) is 1.08. The lowest BCUT2D eigenvalue weighted by molar-refractivity contribution is -0.116. The molecule has 1 amide bonds. The second kappa shape index (κ2) is 4.49. The van der Waals surface area contributed by atoms with Crippen LogP contribution in [0.1, 0.15) is 6.92 Å². The van der Waals surface area contributed by atoms with Crippen molar-refractivity contribution in [3.05, 3.63) is 18.2 Å². The zero-order valence-corrected chi connectivity index (χ0v) is 11.0. The summed E-state index contributed by atoms with van der Waals surface area (Å²) in [5.74, 6) is 0.478. The summed E-state index contributed by atoms with van der Waals surface area (Å²) in [5.41, 5.74) is 0.996. The minimum absolute atomic E-state index is 0.101. The molecule has 1 heterocycles. The van der Waals surface area contributed by atoms with Gasteiger partial charge in [-0.15, -0.1) is 0 Å². The SMILES string of the molecule is CC(=O)N1CCOc2ccc(NS(C)(=O)=O)cc21. The third kappa shape index (κ3) is 2.73. The fourth-order valence-electron chi connectivity index (χ4n) is 1.82. The maximum Gasteiger partial charge on any atom is 0.229 e. The van der Waals surface area contributed by atoms with Gasteiger partial charge in [0.15, 0.2) is 0 Å². The Morgan fingerprint density at radius 3 is 2.78 bits per heavy atom. The molecule has 1 N–H and O–H groups in total. The first-order valence-corrected chi connectivity index (χ1v) is 7.29. The summed E-state index contributed by atoms with van der Waals surface area (Å²) in [6.45, 7) is 2.36. The lowest BCUT2D eigenvalue weighted by Crippen LogP contribution is -2.36. The maximum atomic E-state index is 11.5. The van der Waals surface area contributed by atoms with Crippen LogP contribution in [0.25, 0.3) is 0 Å². The molecule has 0 aliphatic carbocycles. The molecule has 1 aromatic rings. The van der Waals surface area contributed by atoms with Crippen LogP contribution in [0.15, 0.2) is 18.2 Å². The van der Waals surface area contributed by atoms with Crippen LogP contribution >= 0.6 is 0 Å².